The lowest BCUT2D eigenvalue weighted by Gasteiger charge is -2.27. The molecule has 38 heavy (non-hydrogen) atoms. The molecule has 3 aromatic rings. The molecule has 0 spiro atoms. The zero-order chi connectivity index (χ0) is 27.2. The Morgan fingerprint density at radius 2 is 1.92 bits per heavy atom. The Labute approximate surface area is 219 Å². The van der Waals surface area contributed by atoms with Crippen LogP contribution in [-0.4, -0.2) is 48.8 Å². The number of halogens is 3. The van der Waals surface area contributed by atoms with Gasteiger partial charge >= 0.3 is 0 Å². The molecule has 1 aliphatic rings. The Morgan fingerprint density at radius 1 is 1.16 bits per heavy atom. The Balaban J connectivity index is 1.97. The van der Waals surface area contributed by atoms with Gasteiger partial charge in [-0.05, 0) is 39.2 Å². The van der Waals surface area contributed by atoms with Crippen LogP contribution in [0.1, 0.15) is 55.3 Å². The molecule has 0 aliphatic carbocycles. The number of amides is 1. The summed E-state index contributed by atoms with van der Waals surface area (Å²) in [6, 6.07) is 4.96. The highest BCUT2D eigenvalue weighted by molar-refractivity contribution is 6.00. The van der Waals surface area contributed by atoms with E-state index in [1.54, 1.807) is 32.2 Å². The number of ether oxygens (including phenoxy) is 3. The van der Waals surface area contributed by atoms with Gasteiger partial charge in [0.15, 0.2) is 5.82 Å². The van der Waals surface area contributed by atoms with Gasteiger partial charge in [-0.15, -0.1) is 0 Å². The van der Waals surface area contributed by atoms with E-state index in [1.165, 1.54) is 13.3 Å². The minimum absolute atomic E-state index is 0.0239. The van der Waals surface area contributed by atoms with Gasteiger partial charge in [0.1, 0.15) is 35.4 Å². The fourth-order valence-electron chi connectivity index (χ4n) is 4.42. The quantitative estimate of drug-likeness (QED) is 0.362. The summed E-state index contributed by atoms with van der Waals surface area (Å²) >= 11 is 0. The molecule has 10 heteroatoms. The fraction of sp³-hybridized carbons (Fsp3) is 0.393. The maximum Gasteiger partial charge on any atom is 0.270 e. The van der Waals surface area contributed by atoms with Crippen molar-refractivity contribution in [3.63, 3.8) is 0 Å². The summed E-state index contributed by atoms with van der Waals surface area (Å²) < 4.78 is 63.2. The number of pyridine rings is 2. The Kier molecular flexibility index (Phi) is 8.96. The summed E-state index contributed by atoms with van der Waals surface area (Å²) in [5, 5.41) is 2.76. The van der Waals surface area contributed by atoms with Crippen LogP contribution in [0.3, 0.4) is 0 Å². The van der Waals surface area contributed by atoms with Crippen molar-refractivity contribution in [2.24, 2.45) is 0 Å². The van der Waals surface area contributed by atoms with Crippen molar-refractivity contribution in [3.8, 4) is 28.1 Å². The van der Waals surface area contributed by atoms with Crippen LogP contribution in [-0.2, 0) is 9.47 Å². The van der Waals surface area contributed by atoms with E-state index in [0.29, 0.717) is 18.6 Å². The van der Waals surface area contributed by atoms with Crippen molar-refractivity contribution in [2.45, 2.75) is 45.3 Å². The van der Waals surface area contributed by atoms with Crippen LogP contribution in [0, 0.1) is 17.5 Å². The molecule has 1 amide bonds. The Morgan fingerprint density at radius 3 is 2.53 bits per heavy atom. The molecule has 1 atom stereocenters. The highest BCUT2D eigenvalue weighted by atomic mass is 19.1. The number of hydrogen-bond donors (Lipinski definition) is 1. The third-order valence-corrected chi connectivity index (χ3v) is 6.07. The molecule has 1 aliphatic heterocycles. The zero-order valence-corrected chi connectivity index (χ0v) is 21.5. The van der Waals surface area contributed by atoms with Gasteiger partial charge in [0.2, 0.25) is 0 Å². The molecule has 1 saturated heterocycles. The predicted molar refractivity (Wildman–Crippen MR) is 135 cm³/mol. The van der Waals surface area contributed by atoms with Gasteiger partial charge in [0, 0.05) is 61.0 Å². The summed E-state index contributed by atoms with van der Waals surface area (Å²) in [4.78, 5) is 21.7. The van der Waals surface area contributed by atoms with Gasteiger partial charge in [-0.25, -0.2) is 18.2 Å². The molecular weight excluding hydrogens is 499 g/mol. The molecule has 0 radical (unpaired) electrons. The van der Waals surface area contributed by atoms with Crippen molar-refractivity contribution < 1.29 is 32.2 Å². The Bertz CT molecular complexity index is 1260. The molecular formula is C28H30F3N3O4. The van der Waals surface area contributed by atoms with Gasteiger partial charge < -0.3 is 19.5 Å². The van der Waals surface area contributed by atoms with Crippen molar-refractivity contribution >= 4 is 5.91 Å². The van der Waals surface area contributed by atoms with Crippen LogP contribution >= 0.6 is 0 Å². The average Bonchev–Trinajstić information content (AvgIpc) is 2.89. The minimum Gasteiger partial charge on any atom is -0.491 e. The van der Waals surface area contributed by atoms with E-state index in [-0.39, 0.29) is 41.8 Å². The average molecular weight is 530 g/mol. The summed E-state index contributed by atoms with van der Waals surface area (Å²) in [6.45, 7) is 4.20. The molecule has 202 valence electrons. The fourth-order valence-corrected chi connectivity index (χ4v) is 4.42. The summed E-state index contributed by atoms with van der Waals surface area (Å²) in [5.74, 6) is -3.81. The van der Waals surface area contributed by atoms with E-state index in [9.17, 15) is 4.79 Å². The topological polar surface area (TPSA) is 82.6 Å². The van der Waals surface area contributed by atoms with Gasteiger partial charge in [0.25, 0.3) is 5.91 Å². The summed E-state index contributed by atoms with van der Waals surface area (Å²) in [6.07, 6.45) is 4.32. The minimum atomic E-state index is -1.08. The largest absolute Gasteiger partial charge is 0.491 e. The van der Waals surface area contributed by atoms with Crippen molar-refractivity contribution in [1.29, 1.82) is 0 Å². The second-order valence-corrected chi connectivity index (χ2v) is 9.24. The highest BCUT2D eigenvalue weighted by Gasteiger charge is 2.33. The summed E-state index contributed by atoms with van der Waals surface area (Å²) in [5.41, 5.74) is -0.845. The molecule has 0 bridgehead atoms. The molecule has 0 saturated carbocycles. The van der Waals surface area contributed by atoms with Crippen LogP contribution in [0.25, 0.3) is 22.4 Å². The van der Waals surface area contributed by atoms with Gasteiger partial charge in [-0.3, -0.25) is 9.78 Å². The lowest BCUT2D eigenvalue weighted by atomic mass is 9.89. The first-order valence-electron chi connectivity index (χ1n) is 12.5. The second kappa shape index (κ2) is 12.4. The first-order chi connectivity index (χ1) is 18.3. The predicted octanol–water partition coefficient (Wildman–Crippen LogP) is 5.63. The molecule has 4 rings (SSSR count). The number of nitrogens with one attached hydrogen (secondary N) is 1. The highest BCUT2D eigenvalue weighted by Crippen LogP contribution is 2.42. The van der Waals surface area contributed by atoms with Crippen molar-refractivity contribution in [1.82, 2.24) is 15.3 Å². The number of aromatic nitrogens is 2. The van der Waals surface area contributed by atoms with E-state index in [4.69, 9.17) is 14.2 Å². The number of methoxy groups -OCH3 is 1. The van der Waals surface area contributed by atoms with Gasteiger partial charge in [0.05, 0.1) is 18.3 Å². The van der Waals surface area contributed by atoms with E-state index in [2.05, 4.69) is 15.3 Å². The molecule has 1 N–H and O–H groups in total. The number of rotatable bonds is 9. The third kappa shape index (κ3) is 5.97. The second-order valence-electron chi connectivity index (χ2n) is 9.24. The van der Waals surface area contributed by atoms with Crippen molar-refractivity contribution in [3.05, 3.63) is 65.4 Å². The number of nitrogens with zero attached hydrogens (tertiary/aromatic N) is 2. The van der Waals surface area contributed by atoms with Crippen LogP contribution in [0.5, 0.6) is 5.75 Å². The van der Waals surface area contributed by atoms with Crippen LogP contribution in [0.4, 0.5) is 13.2 Å². The number of carbonyl (C=O) groups is 1. The van der Waals surface area contributed by atoms with E-state index >= 15 is 13.2 Å². The zero-order valence-electron chi connectivity index (χ0n) is 21.5. The van der Waals surface area contributed by atoms with E-state index < -0.39 is 40.7 Å². The third-order valence-electron chi connectivity index (χ3n) is 6.07. The van der Waals surface area contributed by atoms with Crippen molar-refractivity contribution in [2.75, 3.05) is 26.9 Å². The normalized spacial score (nSPS) is 15.5. The molecule has 2 aromatic heterocycles. The number of hydrogen-bond acceptors (Lipinski definition) is 6. The molecule has 1 unspecified atom stereocenters. The number of benzene rings is 1. The lowest BCUT2D eigenvalue weighted by Crippen LogP contribution is -2.32. The molecule has 1 aromatic carbocycles. The standard InChI is InChI=1S/C28H30F3N3O4/c1-16(2)33-28(35)27-22(17-7-6-9-32-15-17)24(21-8-4-5-10-38-21)25(31)26(34-27)23-19(29)13-18(14-20(23)30)37-12-11-36-3/h6-7,9,13-16,21H,4-5,8,10-12H2,1-3H3,(H,33,35). The van der Waals surface area contributed by atoms with Gasteiger partial charge in [-0.2, -0.15) is 0 Å². The first kappa shape index (κ1) is 27.5. The number of carbonyl (C=O) groups excluding carboxylic acids is 1. The first-order valence-corrected chi connectivity index (χ1v) is 12.5. The smallest absolute Gasteiger partial charge is 0.270 e. The molecule has 1 fully saturated rings. The SMILES string of the molecule is COCCOc1cc(F)c(-c2nc(C(=O)NC(C)C)c(-c3cccnc3)c(C3CCCCO3)c2F)c(F)c1. The summed E-state index contributed by atoms with van der Waals surface area (Å²) in [7, 11) is 1.47. The maximum absolute atomic E-state index is 16.4. The van der Waals surface area contributed by atoms with E-state index in [0.717, 1.165) is 25.0 Å². The maximum atomic E-state index is 16.4. The van der Waals surface area contributed by atoms with Crippen LogP contribution in [0.15, 0.2) is 36.7 Å². The van der Waals surface area contributed by atoms with Gasteiger partial charge in [-0.1, -0.05) is 6.07 Å². The van der Waals surface area contributed by atoms with Crippen LogP contribution in [0.2, 0.25) is 0 Å². The molecule has 3 heterocycles. The Hall–Kier alpha value is -3.50. The van der Waals surface area contributed by atoms with Crippen LogP contribution < -0.4 is 10.1 Å². The lowest BCUT2D eigenvalue weighted by molar-refractivity contribution is 0.0132. The molecule has 7 nitrogen and oxygen atoms in total. The monoisotopic (exact) mass is 529 g/mol. The van der Waals surface area contributed by atoms with E-state index in [1.807, 2.05) is 0 Å².